The Morgan fingerprint density at radius 1 is 0.373 bits per heavy atom. The number of benzene rings is 7. The molecule has 0 radical (unpaired) electrons. The van der Waals surface area contributed by atoms with E-state index in [0.29, 0.717) is 45.3 Å². The van der Waals surface area contributed by atoms with Gasteiger partial charge in [-0.2, -0.15) is 0 Å². The van der Waals surface area contributed by atoms with Crippen molar-refractivity contribution in [3.63, 3.8) is 0 Å². The Balaban J connectivity index is 0.000000221. The molecule has 0 unspecified atom stereocenters. The number of hydrogen-bond donors (Lipinski definition) is 0. The average molecular weight is 1020 g/mol. The molecule has 6 amide bonds. The first-order valence-electron chi connectivity index (χ1n) is 22.7. The van der Waals surface area contributed by atoms with Crippen molar-refractivity contribution in [2.75, 3.05) is 21.1 Å². The monoisotopic (exact) mass is 1020 g/mol. The van der Waals surface area contributed by atoms with Gasteiger partial charge < -0.3 is 19.7 Å². The molecule has 3 aliphatic heterocycles. The first-order valence-corrected chi connectivity index (χ1v) is 22.7. The number of fused-ring (bicyclic) bond motifs is 3. The average Bonchev–Trinajstić information content (AvgIpc) is 3.83. The molecule has 0 atom stereocenters. The van der Waals surface area contributed by atoms with Crippen molar-refractivity contribution in [3.05, 3.63) is 217 Å². The van der Waals surface area contributed by atoms with E-state index in [9.17, 15) is 49.1 Å². The molecule has 0 aromatic heterocycles. The zero-order chi connectivity index (χ0) is 52.7. The second-order valence-corrected chi connectivity index (χ2v) is 18.5. The summed E-state index contributed by atoms with van der Waals surface area (Å²) in [5.74, 6) is -0.0170. The third kappa shape index (κ3) is 11.5. The maximum absolute atomic E-state index is 12.3. The summed E-state index contributed by atoms with van der Waals surface area (Å²) in [5, 5.41) is 32.6. The maximum atomic E-state index is 12.3. The Labute approximate surface area is 476 Å². The van der Waals surface area contributed by atoms with Gasteiger partial charge in [-0.3, -0.25) is 53.6 Å². The molecule has 0 N–H and O–H groups in total. The molecular formula is C57H46N4Na2O12. The second-order valence-electron chi connectivity index (χ2n) is 18.5. The van der Waals surface area contributed by atoms with E-state index >= 15 is 0 Å². The van der Waals surface area contributed by atoms with Gasteiger partial charge in [0.05, 0.1) is 38.3 Å². The van der Waals surface area contributed by atoms with Gasteiger partial charge in [-0.05, 0) is 89.0 Å². The molecule has 3 heterocycles. The fraction of sp³-hybridized carbons (Fsp3) is 0.158. The van der Waals surface area contributed by atoms with Gasteiger partial charge in [0.15, 0.2) is 0 Å². The van der Waals surface area contributed by atoms with E-state index in [2.05, 4.69) is 27.7 Å². The predicted molar refractivity (Wildman–Crippen MR) is 264 cm³/mol. The van der Waals surface area contributed by atoms with Crippen LogP contribution in [0, 0.1) is 10.1 Å². The number of carbonyl (C=O) groups excluding carboxylic acids is 6. The molecule has 7 aromatic rings. The molecule has 0 fully saturated rings. The van der Waals surface area contributed by atoms with Gasteiger partial charge in [0.2, 0.25) is 0 Å². The van der Waals surface area contributed by atoms with Gasteiger partial charge in [-0.1, -0.05) is 100 Å². The molecular weight excluding hydrogens is 979 g/mol. The molecule has 16 nitrogen and oxygen atoms in total. The molecule has 0 aliphatic carbocycles. The third-order valence-corrected chi connectivity index (χ3v) is 13.2. The van der Waals surface area contributed by atoms with Gasteiger partial charge in [0, 0.05) is 44.1 Å². The van der Waals surface area contributed by atoms with Crippen molar-refractivity contribution in [2.45, 2.75) is 38.5 Å². The fourth-order valence-corrected chi connectivity index (χ4v) is 8.50. The van der Waals surface area contributed by atoms with Crippen molar-refractivity contribution in [2.24, 2.45) is 0 Å². The van der Waals surface area contributed by atoms with E-state index in [-0.39, 0.29) is 122 Å². The van der Waals surface area contributed by atoms with Crippen LogP contribution in [0.5, 0.6) is 34.5 Å². The van der Waals surface area contributed by atoms with Crippen molar-refractivity contribution < 1.29 is 112 Å². The molecule has 0 spiro atoms. The number of nitro groups is 1. The zero-order valence-corrected chi connectivity index (χ0v) is 46.6. The summed E-state index contributed by atoms with van der Waals surface area (Å²) in [6.07, 6.45) is 0. The molecule has 10 rings (SSSR count). The minimum atomic E-state index is -0.601. The Bertz CT molecular complexity index is 3220. The van der Waals surface area contributed by atoms with Crippen LogP contribution in [0.15, 0.2) is 152 Å². The normalized spacial score (nSPS) is 13.3. The predicted octanol–water partition coefficient (Wildman–Crippen LogP) is 3.04. The van der Waals surface area contributed by atoms with Gasteiger partial charge in [-0.25, -0.2) is 0 Å². The molecule has 18 heteroatoms. The molecule has 368 valence electrons. The molecule has 3 aliphatic rings. The summed E-state index contributed by atoms with van der Waals surface area (Å²) in [4.78, 5) is 84.8. The van der Waals surface area contributed by atoms with Crippen LogP contribution in [-0.2, 0) is 10.8 Å². The van der Waals surface area contributed by atoms with E-state index in [1.54, 1.807) is 60.7 Å². The number of hydrogen-bond acceptors (Lipinski definition) is 12. The fourth-order valence-electron chi connectivity index (χ4n) is 8.50. The van der Waals surface area contributed by atoms with Gasteiger partial charge in [0.1, 0.15) is 23.0 Å². The number of non-ortho nitro benzene ring substituents is 1. The number of amides is 6. The molecule has 0 bridgehead atoms. The number of carbonyl (C=O) groups is 6. The second kappa shape index (κ2) is 22.6. The molecule has 75 heavy (non-hydrogen) atoms. The maximum Gasteiger partial charge on any atom is 1.00 e. The quantitative estimate of drug-likeness (QED) is 0.0882. The van der Waals surface area contributed by atoms with Gasteiger partial charge in [-0.15, -0.1) is 11.5 Å². The van der Waals surface area contributed by atoms with Crippen LogP contribution in [0.4, 0.5) is 5.69 Å². The SMILES string of the molecule is CC(C)(c1ccc([O-])cc1)c1ccc([O-])cc1.CN1C(=O)c2ccc(Oc3ccc(C(C)(C)c4ccc(Oc5ccc6c(c5)C(=O)N(C)C6=O)cc4)cc3)cc2C1=O.CN1C(=O)c2ccc([N+](=O)[O-])cc2C1=O.[Na+].[Na+]. The van der Waals surface area contributed by atoms with Crippen LogP contribution in [-0.4, -0.2) is 76.2 Å². The van der Waals surface area contributed by atoms with Crippen molar-refractivity contribution >= 4 is 41.1 Å². The first kappa shape index (κ1) is 56.8. The Hall–Kier alpha value is -7.44. The summed E-state index contributed by atoms with van der Waals surface area (Å²) in [6.45, 7) is 8.40. The largest absolute Gasteiger partial charge is 1.00 e. The number of nitro benzene ring substituents is 1. The first-order chi connectivity index (χ1) is 34.6. The van der Waals surface area contributed by atoms with Gasteiger partial charge in [0.25, 0.3) is 41.1 Å². The van der Waals surface area contributed by atoms with Crippen molar-refractivity contribution in [3.8, 4) is 34.5 Å². The Morgan fingerprint density at radius 3 is 0.933 bits per heavy atom. The van der Waals surface area contributed by atoms with Crippen LogP contribution in [0.2, 0.25) is 0 Å². The standard InChI is InChI=1S/C33H26N2O6.C15H16O2.C9H6N2O4.2Na/c1-33(2,19-5-9-21(10-6-19)40-23-13-15-25-27(17-23)31(38)34(3)29(25)36)20-7-11-22(12-8-20)41-24-14-16-26-28(18-24)32(39)35(4)30(26)37;1-15(2,11-3-7-13(16)8-4-11)12-5-9-14(17)10-6-12;1-10-8(12)6-3-2-5(11(14)15)4-7(6)9(10)13;;/h5-18H,1-4H3;3-10,16-17H,1-2H3;2-4H,1H3;;/q;;;2*+1/p-2. The number of imide groups is 3. The minimum absolute atomic E-state index is 0. The van der Waals surface area contributed by atoms with E-state index in [1.807, 2.05) is 72.8 Å². The van der Waals surface area contributed by atoms with Crippen LogP contribution in [0.3, 0.4) is 0 Å². The minimum Gasteiger partial charge on any atom is -0.872 e. The summed E-state index contributed by atoms with van der Waals surface area (Å²) >= 11 is 0. The summed E-state index contributed by atoms with van der Waals surface area (Å²) in [7, 11) is 4.27. The van der Waals surface area contributed by atoms with Crippen LogP contribution < -0.4 is 78.8 Å². The number of rotatable bonds is 9. The molecule has 7 aromatic carbocycles. The zero-order valence-electron chi connectivity index (χ0n) is 42.6. The van der Waals surface area contributed by atoms with Gasteiger partial charge >= 0.3 is 59.1 Å². The topological polar surface area (TPSA) is 220 Å². The summed E-state index contributed by atoms with van der Waals surface area (Å²) in [6, 6.07) is 42.5. The van der Waals surface area contributed by atoms with Crippen LogP contribution in [0.25, 0.3) is 0 Å². The van der Waals surface area contributed by atoms with E-state index in [0.717, 1.165) is 43.0 Å². The smallest absolute Gasteiger partial charge is 0.872 e. The Kier molecular flexibility index (Phi) is 17.1. The summed E-state index contributed by atoms with van der Waals surface area (Å²) in [5.41, 5.74) is 5.30. The third-order valence-electron chi connectivity index (χ3n) is 13.2. The summed E-state index contributed by atoms with van der Waals surface area (Å²) < 4.78 is 11.9. The number of ether oxygens (including phenoxy) is 2. The molecule has 0 saturated carbocycles. The van der Waals surface area contributed by atoms with Crippen LogP contribution in [0.1, 0.15) is 112 Å². The van der Waals surface area contributed by atoms with E-state index < -0.39 is 16.7 Å². The Morgan fingerprint density at radius 2 is 0.627 bits per heavy atom. The van der Waals surface area contributed by atoms with E-state index in [1.165, 1.54) is 33.3 Å². The van der Waals surface area contributed by atoms with Crippen molar-refractivity contribution in [1.29, 1.82) is 0 Å². The van der Waals surface area contributed by atoms with Crippen molar-refractivity contribution in [1.82, 2.24) is 14.7 Å². The van der Waals surface area contributed by atoms with Crippen LogP contribution >= 0.6 is 0 Å². The van der Waals surface area contributed by atoms with E-state index in [4.69, 9.17) is 9.47 Å². The number of nitrogens with zero attached hydrogens (tertiary/aromatic N) is 4. The molecule has 0 saturated heterocycles.